The van der Waals surface area contributed by atoms with E-state index in [2.05, 4.69) is 26.0 Å². The number of benzene rings is 1. The van der Waals surface area contributed by atoms with Crippen LogP contribution in [0.5, 0.6) is 0 Å². The highest BCUT2D eigenvalue weighted by Crippen LogP contribution is 2.31. The minimum absolute atomic E-state index is 0.305. The van der Waals surface area contributed by atoms with E-state index in [0.29, 0.717) is 25.0 Å². The van der Waals surface area contributed by atoms with Crippen molar-refractivity contribution in [1.29, 1.82) is 0 Å². The Balaban J connectivity index is 1.82. The Morgan fingerprint density at radius 2 is 1.82 bits per heavy atom. The second-order valence-electron chi connectivity index (χ2n) is 4.86. The van der Waals surface area contributed by atoms with Gasteiger partial charge >= 0.3 is 0 Å². The lowest BCUT2D eigenvalue weighted by molar-refractivity contribution is 0.130. The summed E-state index contributed by atoms with van der Waals surface area (Å²) in [7, 11) is 0. The smallest absolute Gasteiger partial charge is 0.0755 e. The van der Waals surface area contributed by atoms with E-state index in [1.165, 1.54) is 11.1 Å². The van der Waals surface area contributed by atoms with Gasteiger partial charge in [0, 0.05) is 0 Å². The van der Waals surface area contributed by atoms with E-state index in [1.54, 1.807) is 0 Å². The third-order valence-electron chi connectivity index (χ3n) is 3.68. The largest absolute Gasteiger partial charge is 0.389 e. The van der Waals surface area contributed by atoms with Crippen LogP contribution in [0.1, 0.15) is 19.4 Å². The summed E-state index contributed by atoms with van der Waals surface area (Å²) in [5, 5.41) is 9.72. The molecule has 2 rings (SSSR count). The van der Waals surface area contributed by atoms with Gasteiger partial charge in [-0.25, -0.2) is 0 Å². The van der Waals surface area contributed by atoms with Gasteiger partial charge in [-0.2, -0.15) is 0 Å². The first-order chi connectivity index (χ1) is 8.18. The summed E-state index contributed by atoms with van der Waals surface area (Å²) in [5.74, 6) is 0.728. The van der Waals surface area contributed by atoms with E-state index in [-0.39, 0.29) is 6.10 Å². The normalized spacial score (nSPS) is 28.2. The molecule has 1 aromatic rings. The summed E-state index contributed by atoms with van der Waals surface area (Å²) in [6.45, 7) is 5.49. The summed E-state index contributed by atoms with van der Waals surface area (Å²) in [4.78, 5) is 0. The van der Waals surface area contributed by atoms with Gasteiger partial charge in [0.25, 0.3) is 0 Å². The van der Waals surface area contributed by atoms with Crippen molar-refractivity contribution in [2.45, 2.75) is 26.6 Å². The maximum Gasteiger partial charge on any atom is 0.0755 e. The zero-order valence-corrected chi connectivity index (χ0v) is 10.5. The van der Waals surface area contributed by atoms with Crippen LogP contribution in [0.15, 0.2) is 42.0 Å². The van der Waals surface area contributed by atoms with Gasteiger partial charge < -0.3 is 9.84 Å². The summed E-state index contributed by atoms with van der Waals surface area (Å²) < 4.78 is 5.69. The van der Waals surface area contributed by atoms with Gasteiger partial charge in [0.05, 0.1) is 19.3 Å². The van der Waals surface area contributed by atoms with Crippen molar-refractivity contribution in [3.05, 3.63) is 47.5 Å². The Morgan fingerprint density at radius 1 is 1.12 bits per heavy atom. The van der Waals surface area contributed by atoms with E-state index in [9.17, 15) is 5.11 Å². The van der Waals surface area contributed by atoms with Gasteiger partial charge in [-0.1, -0.05) is 50.3 Å². The second-order valence-corrected chi connectivity index (χ2v) is 4.86. The maximum absolute atomic E-state index is 9.72. The van der Waals surface area contributed by atoms with Crippen LogP contribution in [0.2, 0.25) is 0 Å². The SMILES string of the molecule is CC1C(COCc2ccccc2)=C[C@@H](O)C1C. The molecule has 1 aromatic carbocycles. The molecule has 0 bridgehead atoms. The molecule has 0 amide bonds. The molecular weight excluding hydrogens is 212 g/mol. The lowest BCUT2D eigenvalue weighted by atomic mass is 9.94. The Hall–Kier alpha value is -1.12. The predicted octanol–water partition coefficient (Wildman–Crippen LogP) is 2.78. The molecule has 1 aliphatic carbocycles. The van der Waals surface area contributed by atoms with Crippen molar-refractivity contribution in [2.75, 3.05) is 6.61 Å². The van der Waals surface area contributed by atoms with E-state index < -0.39 is 0 Å². The molecule has 0 heterocycles. The van der Waals surface area contributed by atoms with Crippen LogP contribution in [0.25, 0.3) is 0 Å². The summed E-state index contributed by atoms with van der Waals surface area (Å²) in [6, 6.07) is 10.2. The molecular formula is C15H20O2. The lowest BCUT2D eigenvalue weighted by Crippen LogP contribution is -2.15. The zero-order valence-electron chi connectivity index (χ0n) is 10.5. The van der Waals surface area contributed by atoms with E-state index in [4.69, 9.17) is 4.74 Å². The Morgan fingerprint density at radius 3 is 2.41 bits per heavy atom. The van der Waals surface area contributed by atoms with Crippen molar-refractivity contribution in [1.82, 2.24) is 0 Å². The fourth-order valence-corrected chi connectivity index (χ4v) is 2.20. The zero-order chi connectivity index (χ0) is 12.3. The Bertz CT molecular complexity index is 383. The minimum Gasteiger partial charge on any atom is -0.389 e. The van der Waals surface area contributed by atoms with Gasteiger partial charge in [0.15, 0.2) is 0 Å². The topological polar surface area (TPSA) is 29.5 Å². The molecule has 0 fully saturated rings. The van der Waals surface area contributed by atoms with Crippen molar-refractivity contribution < 1.29 is 9.84 Å². The monoisotopic (exact) mass is 232 g/mol. The Kier molecular flexibility index (Phi) is 3.97. The molecule has 3 atom stereocenters. The molecule has 0 saturated carbocycles. The predicted molar refractivity (Wildman–Crippen MR) is 68.5 cm³/mol. The first-order valence-electron chi connectivity index (χ1n) is 6.19. The van der Waals surface area contributed by atoms with Crippen LogP contribution in [0, 0.1) is 11.8 Å². The highest BCUT2D eigenvalue weighted by Gasteiger charge is 2.29. The molecule has 17 heavy (non-hydrogen) atoms. The van der Waals surface area contributed by atoms with Crippen LogP contribution in [-0.2, 0) is 11.3 Å². The molecule has 92 valence electrons. The molecule has 2 heteroatoms. The fourth-order valence-electron chi connectivity index (χ4n) is 2.20. The van der Waals surface area contributed by atoms with Crippen molar-refractivity contribution in [3.8, 4) is 0 Å². The quantitative estimate of drug-likeness (QED) is 0.809. The molecule has 1 N–H and O–H groups in total. The maximum atomic E-state index is 9.72. The van der Waals surface area contributed by atoms with Gasteiger partial charge in [0.2, 0.25) is 0 Å². The molecule has 0 aliphatic heterocycles. The van der Waals surface area contributed by atoms with Crippen molar-refractivity contribution >= 4 is 0 Å². The van der Waals surface area contributed by atoms with Crippen LogP contribution >= 0.6 is 0 Å². The van der Waals surface area contributed by atoms with Crippen molar-refractivity contribution in [3.63, 3.8) is 0 Å². The summed E-state index contributed by atoms with van der Waals surface area (Å²) in [5.41, 5.74) is 2.41. The molecule has 2 unspecified atom stereocenters. The molecule has 0 radical (unpaired) electrons. The first-order valence-corrected chi connectivity index (χ1v) is 6.19. The summed E-state index contributed by atoms with van der Waals surface area (Å²) in [6.07, 6.45) is 1.64. The van der Waals surface area contributed by atoms with Gasteiger partial charge in [-0.15, -0.1) is 0 Å². The number of aliphatic hydroxyl groups excluding tert-OH is 1. The van der Waals surface area contributed by atoms with E-state index >= 15 is 0 Å². The number of rotatable bonds is 4. The van der Waals surface area contributed by atoms with Crippen LogP contribution in [0.3, 0.4) is 0 Å². The van der Waals surface area contributed by atoms with Crippen LogP contribution < -0.4 is 0 Å². The standard InChI is InChI=1S/C15H20O2/c1-11-12(2)15(16)8-14(11)10-17-9-13-6-4-3-5-7-13/h3-8,11-12,15-16H,9-10H2,1-2H3/t11?,12?,15-/m1/s1. The minimum atomic E-state index is -0.305. The van der Waals surface area contributed by atoms with Gasteiger partial charge in [0.1, 0.15) is 0 Å². The third kappa shape index (κ3) is 2.96. The van der Waals surface area contributed by atoms with Crippen LogP contribution in [0.4, 0.5) is 0 Å². The highest BCUT2D eigenvalue weighted by atomic mass is 16.5. The van der Waals surface area contributed by atoms with E-state index in [1.807, 2.05) is 24.3 Å². The second kappa shape index (κ2) is 5.48. The van der Waals surface area contributed by atoms with E-state index in [0.717, 1.165) is 0 Å². The highest BCUT2D eigenvalue weighted by molar-refractivity contribution is 5.19. The summed E-state index contributed by atoms with van der Waals surface area (Å²) >= 11 is 0. The number of ether oxygens (including phenoxy) is 1. The molecule has 0 spiro atoms. The molecule has 1 aliphatic rings. The number of hydrogen-bond acceptors (Lipinski definition) is 2. The van der Waals surface area contributed by atoms with Gasteiger partial charge in [-0.05, 0) is 23.0 Å². The first kappa shape index (κ1) is 12.3. The number of aliphatic hydroxyl groups is 1. The molecule has 2 nitrogen and oxygen atoms in total. The van der Waals surface area contributed by atoms with Gasteiger partial charge in [-0.3, -0.25) is 0 Å². The number of hydrogen-bond donors (Lipinski definition) is 1. The van der Waals surface area contributed by atoms with Crippen LogP contribution in [-0.4, -0.2) is 17.8 Å². The molecule has 0 saturated heterocycles. The average molecular weight is 232 g/mol. The molecule has 0 aromatic heterocycles. The third-order valence-corrected chi connectivity index (χ3v) is 3.68. The lowest BCUT2D eigenvalue weighted by Gasteiger charge is -2.16. The fraction of sp³-hybridized carbons (Fsp3) is 0.467. The Labute approximate surface area is 103 Å². The average Bonchev–Trinajstić information content (AvgIpc) is 2.59. The van der Waals surface area contributed by atoms with Crippen molar-refractivity contribution in [2.24, 2.45) is 11.8 Å².